The first-order valence-corrected chi connectivity index (χ1v) is 6.99. The summed E-state index contributed by atoms with van der Waals surface area (Å²) in [5, 5.41) is 10.7. The average Bonchev–Trinajstić information content (AvgIpc) is 3.11. The fraction of sp³-hybridized carbons (Fsp3) is 0.429. The molecule has 0 unspecified atom stereocenters. The first kappa shape index (κ1) is 14.2. The van der Waals surface area contributed by atoms with Gasteiger partial charge < -0.3 is 15.2 Å². The highest BCUT2D eigenvalue weighted by Gasteiger charge is 1.97. The first-order valence-electron chi connectivity index (χ1n) is 6.99. The Kier molecular flexibility index (Phi) is 5.70. The maximum absolute atomic E-state index is 4.53. The second-order valence-electron chi connectivity index (χ2n) is 4.38. The second-order valence-corrected chi connectivity index (χ2v) is 4.38. The van der Waals surface area contributed by atoms with Crippen LogP contribution >= 0.6 is 0 Å². The molecule has 2 N–H and O–H groups in total. The number of hydrogen-bond acceptors (Lipinski definition) is 2. The Morgan fingerprint density at radius 3 is 2.65 bits per heavy atom. The second kappa shape index (κ2) is 8.04. The van der Waals surface area contributed by atoms with Crippen LogP contribution in [0.3, 0.4) is 0 Å². The highest BCUT2D eigenvalue weighted by atomic mass is 15.3. The summed E-state index contributed by atoms with van der Waals surface area (Å²) in [4.78, 5) is 4.53. The average molecular weight is 274 g/mol. The normalized spacial score (nSPS) is 11.6. The predicted molar refractivity (Wildman–Crippen MR) is 80.6 cm³/mol. The van der Waals surface area contributed by atoms with Gasteiger partial charge in [-0.2, -0.15) is 5.10 Å². The van der Waals surface area contributed by atoms with Crippen LogP contribution in [-0.2, 0) is 13.1 Å². The van der Waals surface area contributed by atoms with E-state index in [1.54, 1.807) is 6.20 Å². The molecular weight excluding hydrogens is 252 g/mol. The van der Waals surface area contributed by atoms with E-state index in [0.29, 0.717) is 6.54 Å². The van der Waals surface area contributed by atoms with Gasteiger partial charge in [0.2, 0.25) is 0 Å². The molecule has 0 aromatic carbocycles. The summed E-state index contributed by atoms with van der Waals surface area (Å²) in [5.41, 5.74) is 0. The van der Waals surface area contributed by atoms with E-state index in [1.807, 2.05) is 29.1 Å². The third-order valence-corrected chi connectivity index (χ3v) is 2.83. The van der Waals surface area contributed by atoms with Crippen molar-refractivity contribution in [1.29, 1.82) is 0 Å². The Morgan fingerprint density at radius 2 is 1.95 bits per heavy atom. The Morgan fingerprint density at radius 1 is 1.10 bits per heavy atom. The highest BCUT2D eigenvalue weighted by molar-refractivity contribution is 5.79. The molecule has 0 bridgehead atoms. The van der Waals surface area contributed by atoms with E-state index in [-0.39, 0.29) is 0 Å². The molecule has 0 amide bonds. The van der Waals surface area contributed by atoms with E-state index >= 15 is 0 Å². The fourth-order valence-corrected chi connectivity index (χ4v) is 1.86. The van der Waals surface area contributed by atoms with Crippen molar-refractivity contribution in [2.24, 2.45) is 4.99 Å². The molecule has 0 atom stereocenters. The van der Waals surface area contributed by atoms with E-state index in [2.05, 4.69) is 44.6 Å². The van der Waals surface area contributed by atoms with Gasteiger partial charge in [0, 0.05) is 44.4 Å². The van der Waals surface area contributed by atoms with E-state index in [0.717, 1.165) is 32.1 Å². The molecule has 108 valence electrons. The maximum atomic E-state index is 4.53. The molecule has 2 aromatic rings. The van der Waals surface area contributed by atoms with Crippen molar-refractivity contribution in [2.45, 2.75) is 20.0 Å². The van der Waals surface area contributed by atoms with E-state index in [1.165, 1.54) is 0 Å². The number of nitrogens with one attached hydrogen (secondary N) is 2. The van der Waals surface area contributed by atoms with Gasteiger partial charge in [-0.15, -0.1) is 0 Å². The summed E-state index contributed by atoms with van der Waals surface area (Å²) < 4.78 is 4.02. The van der Waals surface area contributed by atoms with E-state index in [4.69, 9.17) is 0 Å². The molecule has 2 rings (SSSR count). The number of hydrogen-bond donors (Lipinski definition) is 2. The summed E-state index contributed by atoms with van der Waals surface area (Å²) in [5.74, 6) is 0.854. The highest BCUT2D eigenvalue weighted by Crippen LogP contribution is 1.88. The SMILES string of the molecule is CCNC(=NCCn1cccn1)NCCn1cccc1. The van der Waals surface area contributed by atoms with Crippen molar-refractivity contribution in [3.63, 3.8) is 0 Å². The van der Waals surface area contributed by atoms with Gasteiger partial charge in [0.1, 0.15) is 0 Å². The van der Waals surface area contributed by atoms with Crippen LogP contribution in [0.5, 0.6) is 0 Å². The van der Waals surface area contributed by atoms with Gasteiger partial charge in [-0.25, -0.2) is 0 Å². The van der Waals surface area contributed by atoms with Crippen molar-refractivity contribution in [2.75, 3.05) is 19.6 Å². The third kappa shape index (κ3) is 4.79. The van der Waals surface area contributed by atoms with Crippen LogP contribution in [0, 0.1) is 0 Å². The van der Waals surface area contributed by atoms with Crippen LogP contribution in [-0.4, -0.2) is 39.9 Å². The molecule has 6 heteroatoms. The van der Waals surface area contributed by atoms with Crippen LogP contribution in [0.15, 0.2) is 48.0 Å². The Labute approximate surface area is 119 Å². The third-order valence-electron chi connectivity index (χ3n) is 2.83. The van der Waals surface area contributed by atoms with Gasteiger partial charge in [-0.05, 0) is 25.1 Å². The minimum atomic E-state index is 0.709. The molecule has 0 saturated heterocycles. The molecule has 20 heavy (non-hydrogen) atoms. The lowest BCUT2D eigenvalue weighted by Gasteiger charge is -2.11. The fourth-order valence-electron chi connectivity index (χ4n) is 1.86. The minimum Gasteiger partial charge on any atom is -0.357 e. The largest absolute Gasteiger partial charge is 0.357 e. The monoisotopic (exact) mass is 274 g/mol. The van der Waals surface area contributed by atoms with Crippen molar-refractivity contribution in [3.8, 4) is 0 Å². The van der Waals surface area contributed by atoms with Crippen LogP contribution < -0.4 is 10.6 Å². The van der Waals surface area contributed by atoms with Crippen LogP contribution in [0.1, 0.15) is 6.92 Å². The summed E-state index contributed by atoms with van der Waals surface area (Å²) in [6.45, 7) is 6.20. The summed E-state index contributed by atoms with van der Waals surface area (Å²) in [7, 11) is 0. The molecular formula is C14H22N6. The molecule has 0 radical (unpaired) electrons. The smallest absolute Gasteiger partial charge is 0.191 e. The summed E-state index contributed by atoms with van der Waals surface area (Å²) >= 11 is 0. The van der Waals surface area contributed by atoms with Gasteiger partial charge in [0.25, 0.3) is 0 Å². The van der Waals surface area contributed by atoms with Gasteiger partial charge >= 0.3 is 0 Å². The van der Waals surface area contributed by atoms with Crippen molar-refractivity contribution in [1.82, 2.24) is 25.0 Å². The lowest BCUT2D eigenvalue weighted by molar-refractivity contribution is 0.619. The molecule has 0 aliphatic carbocycles. The molecule has 0 fully saturated rings. The molecule has 0 spiro atoms. The van der Waals surface area contributed by atoms with Crippen molar-refractivity contribution in [3.05, 3.63) is 43.0 Å². The zero-order valence-corrected chi connectivity index (χ0v) is 11.9. The molecule has 2 aromatic heterocycles. The molecule has 2 heterocycles. The van der Waals surface area contributed by atoms with Gasteiger partial charge in [-0.3, -0.25) is 9.67 Å². The number of aromatic nitrogens is 3. The van der Waals surface area contributed by atoms with E-state index in [9.17, 15) is 0 Å². The molecule has 0 aliphatic rings. The Bertz CT molecular complexity index is 486. The Balaban J connectivity index is 1.73. The minimum absolute atomic E-state index is 0.709. The number of aliphatic imine (C=N–C) groups is 1. The van der Waals surface area contributed by atoms with Crippen LogP contribution in [0.4, 0.5) is 0 Å². The van der Waals surface area contributed by atoms with Gasteiger partial charge in [-0.1, -0.05) is 0 Å². The van der Waals surface area contributed by atoms with Gasteiger partial charge in [0.05, 0.1) is 13.1 Å². The lowest BCUT2D eigenvalue weighted by atomic mass is 10.5. The van der Waals surface area contributed by atoms with E-state index < -0.39 is 0 Å². The topological polar surface area (TPSA) is 59.2 Å². The summed E-state index contributed by atoms with van der Waals surface area (Å²) in [6, 6.07) is 5.98. The number of rotatable bonds is 7. The zero-order valence-electron chi connectivity index (χ0n) is 11.9. The zero-order chi connectivity index (χ0) is 14.0. The van der Waals surface area contributed by atoms with Crippen molar-refractivity contribution < 1.29 is 0 Å². The van der Waals surface area contributed by atoms with Crippen LogP contribution in [0.25, 0.3) is 0 Å². The molecule has 0 saturated carbocycles. The predicted octanol–water partition coefficient (Wildman–Crippen LogP) is 0.940. The van der Waals surface area contributed by atoms with Gasteiger partial charge in [0.15, 0.2) is 5.96 Å². The quantitative estimate of drug-likeness (QED) is 0.583. The Hall–Kier alpha value is -2.24. The van der Waals surface area contributed by atoms with Crippen LogP contribution in [0.2, 0.25) is 0 Å². The first-order chi connectivity index (χ1) is 9.88. The number of guanidine groups is 1. The molecule has 0 aliphatic heterocycles. The number of nitrogens with zero attached hydrogens (tertiary/aromatic N) is 4. The standard InChI is InChI=1S/C14H22N6/c1-2-15-14(16-7-12-19-9-3-4-10-19)17-8-13-20-11-5-6-18-20/h3-6,9-11H,2,7-8,12-13H2,1H3,(H2,15,16,17). The molecule has 6 nitrogen and oxygen atoms in total. The van der Waals surface area contributed by atoms with Crippen molar-refractivity contribution >= 4 is 5.96 Å². The summed E-state index contributed by atoms with van der Waals surface area (Å²) in [6.07, 6.45) is 7.85. The lowest BCUT2D eigenvalue weighted by Crippen LogP contribution is -2.39. The maximum Gasteiger partial charge on any atom is 0.191 e.